The van der Waals surface area contributed by atoms with Crippen LogP contribution >= 0.6 is 0 Å². The molecule has 2 aliphatic rings. The molecule has 4 rings (SSSR count). The van der Waals surface area contributed by atoms with E-state index >= 15 is 0 Å². The van der Waals surface area contributed by atoms with Crippen molar-refractivity contribution in [1.82, 2.24) is 20.4 Å². The molecule has 7 heteroatoms. The summed E-state index contributed by atoms with van der Waals surface area (Å²) in [6, 6.07) is 6.04. The third-order valence-electron chi connectivity index (χ3n) is 5.39. The summed E-state index contributed by atoms with van der Waals surface area (Å²) >= 11 is 0. The average Bonchev–Trinajstić information content (AvgIpc) is 2.99. The standard InChI is InChI=1S/C20H26N4O3/c1-13-5-3-6-14(2)18(13)26-16-11-24(12-16)20(25)21-10-9-17-22-19(27-23-17)15-7-4-8-15/h3,5-6,15-16H,4,7-12H2,1-2H3,(H,21,25). The highest BCUT2D eigenvalue weighted by atomic mass is 16.5. The van der Waals surface area contributed by atoms with Crippen molar-refractivity contribution in [2.24, 2.45) is 0 Å². The number of hydrogen-bond acceptors (Lipinski definition) is 5. The van der Waals surface area contributed by atoms with Crippen molar-refractivity contribution in [3.8, 4) is 5.75 Å². The van der Waals surface area contributed by atoms with E-state index in [1.165, 1.54) is 6.42 Å². The maximum absolute atomic E-state index is 12.2. The molecule has 0 radical (unpaired) electrons. The molecule has 144 valence electrons. The van der Waals surface area contributed by atoms with Gasteiger partial charge in [0.25, 0.3) is 0 Å². The number of carbonyl (C=O) groups excluding carboxylic acids is 1. The molecule has 1 saturated carbocycles. The van der Waals surface area contributed by atoms with Crippen LogP contribution < -0.4 is 10.1 Å². The monoisotopic (exact) mass is 370 g/mol. The third kappa shape index (κ3) is 3.91. The molecule has 0 spiro atoms. The first kappa shape index (κ1) is 17.8. The fourth-order valence-corrected chi connectivity index (χ4v) is 3.41. The van der Waals surface area contributed by atoms with Crippen molar-refractivity contribution in [2.75, 3.05) is 19.6 Å². The molecule has 1 aromatic heterocycles. The Kier molecular flexibility index (Phi) is 5.01. The summed E-state index contributed by atoms with van der Waals surface area (Å²) in [7, 11) is 0. The summed E-state index contributed by atoms with van der Waals surface area (Å²) in [6.45, 7) is 5.79. The number of ether oxygens (including phenoxy) is 1. The van der Waals surface area contributed by atoms with Gasteiger partial charge in [-0.3, -0.25) is 0 Å². The molecule has 1 saturated heterocycles. The number of carbonyl (C=O) groups is 1. The van der Waals surface area contributed by atoms with Crippen LogP contribution in [0.5, 0.6) is 5.75 Å². The van der Waals surface area contributed by atoms with Gasteiger partial charge >= 0.3 is 6.03 Å². The normalized spacial score (nSPS) is 17.3. The number of nitrogens with zero attached hydrogens (tertiary/aromatic N) is 3. The van der Waals surface area contributed by atoms with Gasteiger partial charge in [-0.25, -0.2) is 4.79 Å². The molecular weight excluding hydrogens is 344 g/mol. The Labute approximate surface area is 159 Å². The number of para-hydroxylation sites is 1. The van der Waals surface area contributed by atoms with Crippen LogP contribution in [-0.4, -0.2) is 46.8 Å². The van der Waals surface area contributed by atoms with E-state index in [2.05, 4.69) is 15.5 Å². The van der Waals surface area contributed by atoms with Crippen LogP contribution in [0.4, 0.5) is 4.79 Å². The second kappa shape index (κ2) is 7.58. The zero-order chi connectivity index (χ0) is 18.8. The zero-order valence-electron chi connectivity index (χ0n) is 15.9. The minimum Gasteiger partial charge on any atom is -0.486 e. The highest BCUT2D eigenvalue weighted by Gasteiger charge is 2.32. The molecule has 0 atom stereocenters. The van der Waals surface area contributed by atoms with Gasteiger partial charge in [-0.2, -0.15) is 4.98 Å². The number of aromatic nitrogens is 2. The van der Waals surface area contributed by atoms with E-state index in [9.17, 15) is 4.79 Å². The molecule has 2 heterocycles. The van der Waals surface area contributed by atoms with E-state index in [4.69, 9.17) is 9.26 Å². The summed E-state index contributed by atoms with van der Waals surface area (Å²) in [5.41, 5.74) is 2.25. The third-order valence-corrected chi connectivity index (χ3v) is 5.39. The lowest BCUT2D eigenvalue weighted by molar-refractivity contribution is 0.0436. The largest absolute Gasteiger partial charge is 0.486 e. The van der Waals surface area contributed by atoms with Crippen molar-refractivity contribution in [1.29, 1.82) is 0 Å². The minimum atomic E-state index is -0.0703. The fourth-order valence-electron chi connectivity index (χ4n) is 3.41. The summed E-state index contributed by atoms with van der Waals surface area (Å²) in [6.07, 6.45) is 4.15. The molecule has 0 unspecified atom stereocenters. The molecular formula is C20H26N4O3. The number of rotatable bonds is 6. The van der Waals surface area contributed by atoms with Crippen LogP contribution in [0.2, 0.25) is 0 Å². The van der Waals surface area contributed by atoms with Gasteiger partial charge in [0.2, 0.25) is 5.89 Å². The lowest BCUT2D eigenvalue weighted by Crippen LogP contribution is -2.59. The van der Waals surface area contributed by atoms with E-state index < -0.39 is 0 Å². The van der Waals surface area contributed by atoms with Crippen LogP contribution in [0.1, 0.15) is 48.0 Å². The van der Waals surface area contributed by atoms with Gasteiger partial charge in [-0.05, 0) is 37.8 Å². The zero-order valence-corrected chi connectivity index (χ0v) is 15.9. The van der Waals surface area contributed by atoms with Gasteiger partial charge in [-0.15, -0.1) is 0 Å². The molecule has 1 aromatic carbocycles. The van der Waals surface area contributed by atoms with Crippen LogP contribution in [0.3, 0.4) is 0 Å². The van der Waals surface area contributed by atoms with E-state index in [0.29, 0.717) is 37.8 Å². The first-order valence-electron chi connectivity index (χ1n) is 9.68. The first-order chi connectivity index (χ1) is 13.1. The molecule has 7 nitrogen and oxygen atoms in total. The molecule has 27 heavy (non-hydrogen) atoms. The predicted molar refractivity (Wildman–Crippen MR) is 99.9 cm³/mol. The number of likely N-dealkylation sites (tertiary alicyclic amines) is 1. The smallest absolute Gasteiger partial charge is 0.317 e. The van der Waals surface area contributed by atoms with Crippen molar-refractivity contribution in [3.63, 3.8) is 0 Å². The highest BCUT2D eigenvalue weighted by molar-refractivity contribution is 5.75. The van der Waals surface area contributed by atoms with Crippen molar-refractivity contribution in [3.05, 3.63) is 41.0 Å². The number of amides is 2. The minimum absolute atomic E-state index is 0.0535. The second-order valence-corrected chi connectivity index (χ2v) is 7.52. The first-order valence-corrected chi connectivity index (χ1v) is 9.68. The molecule has 2 aromatic rings. The number of urea groups is 1. The Balaban J connectivity index is 1.18. The van der Waals surface area contributed by atoms with Gasteiger partial charge in [0, 0.05) is 18.9 Å². The second-order valence-electron chi connectivity index (χ2n) is 7.52. The van der Waals surface area contributed by atoms with Crippen LogP contribution in [-0.2, 0) is 6.42 Å². The van der Waals surface area contributed by atoms with Gasteiger partial charge < -0.3 is 19.5 Å². The number of aryl methyl sites for hydroxylation is 2. The van der Waals surface area contributed by atoms with Crippen molar-refractivity contribution >= 4 is 6.03 Å². The number of nitrogens with one attached hydrogen (secondary N) is 1. The SMILES string of the molecule is Cc1cccc(C)c1OC1CN(C(=O)NCCc2noc(C3CCC3)n2)C1. The van der Waals surface area contributed by atoms with E-state index in [1.54, 1.807) is 4.90 Å². The van der Waals surface area contributed by atoms with E-state index in [-0.39, 0.29) is 12.1 Å². The molecule has 2 amide bonds. The van der Waals surface area contributed by atoms with Gasteiger partial charge in [0.15, 0.2) is 5.82 Å². The van der Waals surface area contributed by atoms with Gasteiger partial charge in [0.1, 0.15) is 11.9 Å². The Bertz CT molecular complexity index is 789. The van der Waals surface area contributed by atoms with E-state index in [1.807, 2.05) is 32.0 Å². The van der Waals surface area contributed by atoms with Crippen LogP contribution in [0.15, 0.2) is 22.7 Å². The van der Waals surface area contributed by atoms with Gasteiger partial charge in [-0.1, -0.05) is 29.8 Å². The maximum atomic E-state index is 12.2. The van der Waals surface area contributed by atoms with Crippen LogP contribution in [0, 0.1) is 13.8 Å². The highest BCUT2D eigenvalue weighted by Crippen LogP contribution is 2.35. The topological polar surface area (TPSA) is 80.5 Å². The molecule has 1 aliphatic carbocycles. The summed E-state index contributed by atoms with van der Waals surface area (Å²) in [5.74, 6) is 2.78. The van der Waals surface area contributed by atoms with Crippen molar-refractivity contribution < 1.29 is 14.1 Å². The maximum Gasteiger partial charge on any atom is 0.317 e. The summed E-state index contributed by atoms with van der Waals surface area (Å²) < 4.78 is 11.3. The molecule has 0 bridgehead atoms. The summed E-state index contributed by atoms with van der Waals surface area (Å²) in [4.78, 5) is 18.4. The Morgan fingerprint density at radius 3 is 2.70 bits per heavy atom. The van der Waals surface area contributed by atoms with Crippen LogP contribution in [0.25, 0.3) is 0 Å². The summed E-state index contributed by atoms with van der Waals surface area (Å²) in [5, 5.41) is 6.92. The number of hydrogen-bond donors (Lipinski definition) is 1. The Morgan fingerprint density at radius 2 is 2.04 bits per heavy atom. The fraction of sp³-hybridized carbons (Fsp3) is 0.550. The Morgan fingerprint density at radius 1 is 1.30 bits per heavy atom. The molecule has 1 N–H and O–H groups in total. The van der Waals surface area contributed by atoms with Gasteiger partial charge in [0.05, 0.1) is 13.1 Å². The molecule has 1 aliphatic heterocycles. The van der Waals surface area contributed by atoms with E-state index in [0.717, 1.165) is 35.6 Å². The lowest BCUT2D eigenvalue weighted by Gasteiger charge is -2.39. The van der Waals surface area contributed by atoms with Crippen molar-refractivity contribution in [2.45, 2.75) is 51.6 Å². The Hall–Kier alpha value is -2.57. The molecule has 2 fully saturated rings. The number of benzene rings is 1. The predicted octanol–water partition coefficient (Wildman–Crippen LogP) is 2.97. The quantitative estimate of drug-likeness (QED) is 0.845. The average molecular weight is 370 g/mol. The lowest BCUT2D eigenvalue weighted by atomic mass is 9.85.